The number of halogens is 2. The van der Waals surface area contributed by atoms with Gasteiger partial charge < -0.3 is 9.88 Å². The van der Waals surface area contributed by atoms with Crippen molar-refractivity contribution in [1.29, 1.82) is 0 Å². The lowest BCUT2D eigenvalue weighted by molar-refractivity contribution is 0.484. The zero-order chi connectivity index (χ0) is 14.5. The maximum Gasteiger partial charge on any atom is 0.127 e. The molecular formula is C15H19ClFN3. The minimum atomic E-state index is -0.269. The van der Waals surface area contributed by atoms with E-state index in [2.05, 4.69) is 21.8 Å². The minimum absolute atomic E-state index is 0.0515. The molecule has 0 aliphatic carbocycles. The van der Waals surface area contributed by atoms with Crippen molar-refractivity contribution in [3.63, 3.8) is 0 Å². The average Bonchev–Trinajstić information content (AvgIpc) is 2.90. The third kappa shape index (κ3) is 3.19. The molecule has 1 N–H and O–H groups in total. The van der Waals surface area contributed by atoms with Crippen LogP contribution in [0.15, 0.2) is 30.6 Å². The Labute approximate surface area is 123 Å². The van der Waals surface area contributed by atoms with Gasteiger partial charge in [-0.1, -0.05) is 24.6 Å². The summed E-state index contributed by atoms with van der Waals surface area (Å²) < 4.78 is 16.0. The smallest absolute Gasteiger partial charge is 0.127 e. The van der Waals surface area contributed by atoms with E-state index in [9.17, 15) is 4.39 Å². The highest BCUT2D eigenvalue weighted by Gasteiger charge is 2.19. The third-order valence-electron chi connectivity index (χ3n) is 3.32. The fraction of sp³-hybridized carbons (Fsp3) is 0.400. The van der Waals surface area contributed by atoms with Crippen LogP contribution in [0.5, 0.6) is 0 Å². The summed E-state index contributed by atoms with van der Waals surface area (Å²) in [6, 6.07) is 4.73. The van der Waals surface area contributed by atoms with Crippen molar-refractivity contribution in [1.82, 2.24) is 14.9 Å². The van der Waals surface area contributed by atoms with Gasteiger partial charge in [-0.3, -0.25) is 0 Å². The Kier molecular flexibility index (Phi) is 5.15. The van der Waals surface area contributed by atoms with Crippen LogP contribution in [-0.4, -0.2) is 16.1 Å². The second-order valence-electron chi connectivity index (χ2n) is 4.59. The van der Waals surface area contributed by atoms with Gasteiger partial charge in [0.1, 0.15) is 11.6 Å². The lowest BCUT2D eigenvalue weighted by Crippen LogP contribution is -2.26. The molecule has 1 aromatic heterocycles. The fourth-order valence-corrected chi connectivity index (χ4v) is 2.57. The van der Waals surface area contributed by atoms with Crippen molar-refractivity contribution in [3.8, 4) is 0 Å². The van der Waals surface area contributed by atoms with Gasteiger partial charge in [-0.2, -0.15) is 0 Å². The van der Waals surface area contributed by atoms with E-state index in [-0.39, 0.29) is 11.9 Å². The largest absolute Gasteiger partial charge is 0.334 e. The first-order chi connectivity index (χ1) is 9.67. The van der Waals surface area contributed by atoms with E-state index in [0.29, 0.717) is 17.0 Å². The van der Waals surface area contributed by atoms with Crippen molar-refractivity contribution >= 4 is 11.6 Å². The topological polar surface area (TPSA) is 29.9 Å². The van der Waals surface area contributed by atoms with E-state index < -0.39 is 0 Å². The molecule has 20 heavy (non-hydrogen) atoms. The van der Waals surface area contributed by atoms with E-state index >= 15 is 0 Å². The summed E-state index contributed by atoms with van der Waals surface area (Å²) in [6.45, 7) is 5.70. The van der Waals surface area contributed by atoms with E-state index in [1.165, 1.54) is 6.07 Å². The van der Waals surface area contributed by atoms with Crippen molar-refractivity contribution < 1.29 is 4.39 Å². The van der Waals surface area contributed by atoms with Crippen LogP contribution < -0.4 is 5.32 Å². The average molecular weight is 296 g/mol. The predicted molar refractivity (Wildman–Crippen MR) is 79.4 cm³/mol. The van der Waals surface area contributed by atoms with Gasteiger partial charge in [0.05, 0.1) is 6.04 Å². The molecule has 0 fully saturated rings. The van der Waals surface area contributed by atoms with Crippen LogP contribution in [0.2, 0.25) is 5.02 Å². The Morgan fingerprint density at radius 3 is 2.85 bits per heavy atom. The Hall–Kier alpha value is -1.39. The van der Waals surface area contributed by atoms with E-state index in [0.717, 1.165) is 18.9 Å². The first-order valence-electron chi connectivity index (χ1n) is 6.84. The molecule has 0 bridgehead atoms. The number of hydrogen-bond acceptors (Lipinski definition) is 2. The molecule has 3 nitrogen and oxygen atoms in total. The monoisotopic (exact) mass is 295 g/mol. The molecule has 0 aliphatic heterocycles. The highest BCUT2D eigenvalue weighted by Crippen LogP contribution is 2.25. The van der Waals surface area contributed by atoms with Gasteiger partial charge >= 0.3 is 0 Å². The summed E-state index contributed by atoms with van der Waals surface area (Å²) in [5.41, 5.74) is 0.533. The molecule has 0 saturated heterocycles. The molecular weight excluding hydrogens is 277 g/mol. The number of imidazole rings is 1. The number of rotatable bonds is 6. The number of likely N-dealkylation sites (N-methyl/N-ethyl adjacent to an activating group) is 1. The minimum Gasteiger partial charge on any atom is -0.334 e. The lowest BCUT2D eigenvalue weighted by Gasteiger charge is -2.19. The molecule has 2 aromatic rings. The molecule has 2 rings (SSSR count). The zero-order valence-corrected chi connectivity index (χ0v) is 12.5. The number of nitrogens with one attached hydrogen (secondary N) is 1. The molecule has 108 valence electrons. The first-order valence-corrected chi connectivity index (χ1v) is 7.22. The second-order valence-corrected chi connectivity index (χ2v) is 4.99. The molecule has 1 heterocycles. The predicted octanol–water partition coefficient (Wildman–Crippen LogP) is 3.59. The van der Waals surface area contributed by atoms with Crippen LogP contribution in [0.3, 0.4) is 0 Å². The number of benzene rings is 1. The zero-order valence-electron chi connectivity index (χ0n) is 11.7. The van der Waals surface area contributed by atoms with Crippen molar-refractivity contribution in [3.05, 3.63) is 52.8 Å². The SMILES string of the molecule is CCNC(Cc1c(F)cccc1Cl)c1nccn1CC. The molecule has 0 spiro atoms. The number of aromatic nitrogens is 2. The lowest BCUT2D eigenvalue weighted by atomic mass is 10.0. The molecule has 5 heteroatoms. The first kappa shape index (κ1) is 15.0. The van der Waals surface area contributed by atoms with Crippen molar-refractivity contribution in [2.75, 3.05) is 6.54 Å². The van der Waals surface area contributed by atoms with E-state index in [4.69, 9.17) is 11.6 Å². The Morgan fingerprint density at radius 1 is 1.40 bits per heavy atom. The van der Waals surface area contributed by atoms with Crippen LogP contribution in [0.4, 0.5) is 4.39 Å². The maximum absolute atomic E-state index is 13.9. The van der Waals surface area contributed by atoms with Crippen LogP contribution in [0, 0.1) is 5.82 Å². The van der Waals surface area contributed by atoms with Gasteiger partial charge in [-0.05, 0) is 32.0 Å². The van der Waals surface area contributed by atoms with Gasteiger partial charge in [0, 0.05) is 29.5 Å². The van der Waals surface area contributed by atoms with Gasteiger partial charge in [0.2, 0.25) is 0 Å². The van der Waals surface area contributed by atoms with Gasteiger partial charge in [0.25, 0.3) is 0 Å². The maximum atomic E-state index is 13.9. The molecule has 1 unspecified atom stereocenters. The third-order valence-corrected chi connectivity index (χ3v) is 3.67. The van der Waals surface area contributed by atoms with Gasteiger partial charge in [0.15, 0.2) is 0 Å². The number of aryl methyl sites for hydroxylation is 1. The summed E-state index contributed by atoms with van der Waals surface area (Å²) in [4.78, 5) is 4.40. The van der Waals surface area contributed by atoms with Crippen LogP contribution in [-0.2, 0) is 13.0 Å². The van der Waals surface area contributed by atoms with Crippen LogP contribution in [0.25, 0.3) is 0 Å². The summed E-state index contributed by atoms with van der Waals surface area (Å²) in [7, 11) is 0. The normalized spacial score (nSPS) is 12.6. The number of hydrogen-bond donors (Lipinski definition) is 1. The summed E-state index contributed by atoms with van der Waals surface area (Å²) in [5.74, 6) is 0.642. The Balaban J connectivity index is 2.30. The molecule has 0 saturated carbocycles. The fourth-order valence-electron chi connectivity index (χ4n) is 2.33. The summed E-state index contributed by atoms with van der Waals surface area (Å²) in [5, 5.41) is 3.81. The van der Waals surface area contributed by atoms with Crippen molar-refractivity contribution in [2.24, 2.45) is 0 Å². The molecule has 0 radical (unpaired) electrons. The molecule has 0 aliphatic rings. The Bertz CT molecular complexity index is 548. The molecule has 1 atom stereocenters. The second kappa shape index (κ2) is 6.86. The van der Waals surface area contributed by atoms with Crippen molar-refractivity contribution in [2.45, 2.75) is 32.9 Å². The molecule has 0 amide bonds. The Morgan fingerprint density at radius 2 is 2.20 bits per heavy atom. The van der Waals surface area contributed by atoms with E-state index in [1.54, 1.807) is 18.3 Å². The summed E-state index contributed by atoms with van der Waals surface area (Å²) >= 11 is 6.11. The standard InChI is InChI=1S/C15H19ClFN3/c1-3-18-14(15-19-8-9-20(15)4-2)10-11-12(16)6-5-7-13(11)17/h5-9,14,18H,3-4,10H2,1-2H3. The van der Waals surface area contributed by atoms with Gasteiger partial charge in [-0.25, -0.2) is 9.37 Å². The van der Waals surface area contributed by atoms with Crippen LogP contribution in [0.1, 0.15) is 31.3 Å². The van der Waals surface area contributed by atoms with Gasteiger partial charge in [-0.15, -0.1) is 0 Å². The number of nitrogens with zero attached hydrogens (tertiary/aromatic N) is 2. The summed E-state index contributed by atoms with van der Waals surface area (Å²) in [6.07, 6.45) is 4.19. The highest BCUT2D eigenvalue weighted by molar-refractivity contribution is 6.31. The quantitative estimate of drug-likeness (QED) is 0.882. The molecule has 1 aromatic carbocycles. The van der Waals surface area contributed by atoms with E-state index in [1.807, 2.05) is 13.1 Å². The highest BCUT2D eigenvalue weighted by atomic mass is 35.5. The van der Waals surface area contributed by atoms with Crippen LogP contribution >= 0.6 is 11.6 Å².